The number of aromatic nitrogens is 4. The van der Waals surface area contributed by atoms with Crippen LogP contribution in [0.25, 0.3) is 10.9 Å². The Hall–Kier alpha value is -4.48. The second kappa shape index (κ2) is 9.29. The number of ether oxygens (including phenoxy) is 1. The summed E-state index contributed by atoms with van der Waals surface area (Å²) in [6.45, 7) is 1.13. The maximum atomic E-state index is 13.3. The van der Waals surface area contributed by atoms with Crippen LogP contribution in [0, 0.1) is 0 Å². The lowest BCUT2D eigenvalue weighted by molar-refractivity contribution is -0.138. The van der Waals surface area contributed by atoms with E-state index >= 15 is 0 Å². The summed E-state index contributed by atoms with van der Waals surface area (Å²) < 4.78 is 45.2. The normalized spacial score (nSPS) is 14.2. The molecule has 0 bridgehead atoms. The van der Waals surface area contributed by atoms with Crippen LogP contribution in [0.4, 0.5) is 19.0 Å². The number of halogens is 3. The lowest BCUT2D eigenvalue weighted by Gasteiger charge is -2.35. The Morgan fingerprint density at radius 1 is 0.944 bits per heavy atom. The Balaban J connectivity index is 1.20. The van der Waals surface area contributed by atoms with E-state index in [9.17, 15) is 22.8 Å². The molecule has 3 heterocycles. The fourth-order valence-corrected chi connectivity index (χ4v) is 3.97. The maximum absolute atomic E-state index is 13.3. The number of esters is 1. The smallest absolute Gasteiger partial charge is 0.417 e. The molecule has 1 amide bonds. The molecule has 0 atom stereocenters. The number of hydrogen-bond acceptors (Lipinski definition) is 7. The zero-order valence-electron chi connectivity index (χ0n) is 18.7. The SMILES string of the molecule is O=C(Oc1ccc2cn[nH]c2c1)c1ccc(N2CCN(C(=O)c3ccccc3C(F)(F)F)CC2)nn1. The minimum Gasteiger partial charge on any atom is -0.422 e. The van der Waals surface area contributed by atoms with E-state index in [4.69, 9.17) is 4.74 Å². The zero-order valence-corrected chi connectivity index (χ0v) is 18.7. The van der Waals surface area contributed by atoms with Gasteiger partial charge in [0.05, 0.1) is 22.8 Å². The molecule has 0 radical (unpaired) electrons. The number of fused-ring (bicyclic) bond motifs is 1. The summed E-state index contributed by atoms with van der Waals surface area (Å²) >= 11 is 0. The quantitative estimate of drug-likeness (QED) is 0.340. The molecule has 0 saturated carbocycles. The monoisotopic (exact) mass is 496 g/mol. The number of H-pyrrole nitrogens is 1. The topological polar surface area (TPSA) is 104 Å². The van der Waals surface area contributed by atoms with Crippen molar-refractivity contribution >= 4 is 28.6 Å². The third-order valence-corrected chi connectivity index (χ3v) is 5.84. The summed E-state index contributed by atoms with van der Waals surface area (Å²) in [5, 5.41) is 15.6. The molecule has 1 fully saturated rings. The maximum Gasteiger partial charge on any atom is 0.417 e. The highest BCUT2D eigenvalue weighted by Gasteiger charge is 2.36. The highest BCUT2D eigenvalue weighted by atomic mass is 19.4. The Morgan fingerprint density at radius 3 is 2.44 bits per heavy atom. The van der Waals surface area contributed by atoms with Crippen LogP contribution in [0.2, 0.25) is 0 Å². The second-order valence-electron chi connectivity index (χ2n) is 8.11. The van der Waals surface area contributed by atoms with E-state index in [-0.39, 0.29) is 24.3 Å². The van der Waals surface area contributed by atoms with Crippen LogP contribution in [-0.4, -0.2) is 63.4 Å². The van der Waals surface area contributed by atoms with Gasteiger partial charge in [-0.25, -0.2) is 4.79 Å². The number of benzene rings is 2. The molecule has 9 nitrogen and oxygen atoms in total. The molecular formula is C24H19F3N6O3. The van der Waals surface area contributed by atoms with Gasteiger partial charge in [0.25, 0.3) is 5.91 Å². The minimum absolute atomic E-state index is 0.0148. The average Bonchev–Trinajstić information content (AvgIpc) is 3.36. The van der Waals surface area contributed by atoms with Gasteiger partial charge in [-0.1, -0.05) is 12.1 Å². The summed E-state index contributed by atoms with van der Waals surface area (Å²) in [4.78, 5) is 28.4. The number of rotatable bonds is 4. The standard InChI is InChI=1S/C24H19F3N6O3/c25-24(26,27)18-4-2-1-3-17(18)22(34)33-11-9-32(10-12-33)21-8-7-19(30-31-21)23(35)36-16-6-5-15-14-28-29-20(15)13-16/h1-8,13-14H,9-12H2,(H,28,29). The van der Waals surface area contributed by atoms with E-state index in [1.165, 1.54) is 29.2 Å². The third-order valence-electron chi connectivity index (χ3n) is 5.84. The van der Waals surface area contributed by atoms with Gasteiger partial charge in [0.15, 0.2) is 11.5 Å². The highest BCUT2D eigenvalue weighted by Crippen LogP contribution is 2.32. The molecule has 1 aliphatic rings. The average molecular weight is 496 g/mol. The van der Waals surface area contributed by atoms with Gasteiger partial charge in [0, 0.05) is 37.6 Å². The first-order valence-corrected chi connectivity index (χ1v) is 11.0. The summed E-state index contributed by atoms with van der Waals surface area (Å²) in [6.07, 6.45) is -2.96. The van der Waals surface area contributed by atoms with Crippen LogP contribution in [-0.2, 0) is 6.18 Å². The molecule has 0 aliphatic carbocycles. The Kier molecular flexibility index (Phi) is 6.00. The van der Waals surface area contributed by atoms with Crippen LogP contribution in [0.15, 0.2) is 60.8 Å². The molecule has 2 aromatic heterocycles. The fourth-order valence-electron chi connectivity index (χ4n) is 3.97. The number of piperazine rings is 1. The van der Waals surface area contributed by atoms with E-state index in [0.29, 0.717) is 24.7 Å². The lowest BCUT2D eigenvalue weighted by Crippen LogP contribution is -2.49. The molecule has 2 aromatic carbocycles. The molecule has 12 heteroatoms. The Bertz CT molecular complexity index is 1410. The first kappa shape index (κ1) is 23.3. The highest BCUT2D eigenvalue weighted by molar-refractivity contribution is 5.96. The number of amides is 1. The van der Waals surface area contributed by atoms with Crippen LogP contribution in [0.1, 0.15) is 26.4 Å². The van der Waals surface area contributed by atoms with Crippen molar-refractivity contribution in [3.8, 4) is 5.75 Å². The molecule has 184 valence electrons. The largest absolute Gasteiger partial charge is 0.422 e. The molecule has 0 spiro atoms. The Labute approximate surface area is 202 Å². The van der Waals surface area contributed by atoms with Crippen LogP contribution < -0.4 is 9.64 Å². The number of carbonyl (C=O) groups excluding carboxylic acids is 2. The van der Waals surface area contributed by atoms with Gasteiger partial charge in [-0.05, 0) is 36.4 Å². The minimum atomic E-state index is -4.61. The van der Waals surface area contributed by atoms with Gasteiger partial charge >= 0.3 is 12.1 Å². The van der Waals surface area contributed by atoms with E-state index in [1.54, 1.807) is 30.5 Å². The van der Waals surface area contributed by atoms with E-state index in [0.717, 1.165) is 17.0 Å². The number of nitrogens with zero attached hydrogens (tertiary/aromatic N) is 5. The van der Waals surface area contributed by atoms with Gasteiger partial charge in [0.2, 0.25) is 0 Å². The van der Waals surface area contributed by atoms with Crippen LogP contribution in [0.3, 0.4) is 0 Å². The van der Waals surface area contributed by atoms with Crippen molar-refractivity contribution < 1.29 is 27.5 Å². The van der Waals surface area contributed by atoms with Crippen molar-refractivity contribution in [1.82, 2.24) is 25.3 Å². The van der Waals surface area contributed by atoms with Crippen molar-refractivity contribution in [2.45, 2.75) is 6.18 Å². The molecule has 5 rings (SSSR count). The summed E-state index contributed by atoms with van der Waals surface area (Å²) in [7, 11) is 0. The first-order chi connectivity index (χ1) is 17.3. The van der Waals surface area contributed by atoms with Crippen LogP contribution >= 0.6 is 0 Å². The van der Waals surface area contributed by atoms with Gasteiger partial charge in [0.1, 0.15) is 5.75 Å². The third kappa shape index (κ3) is 4.69. The molecule has 36 heavy (non-hydrogen) atoms. The predicted octanol–water partition coefficient (Wildman–Crippen LogP) is 3.55. The molecule has 0 unspecified atom stereocenters. The zero-order chi connectivity index (χ0) is 25.3. The Morgan fingerprint density at radius 2 is 1.72 bits per heavy atom. The number of anilines is 1. The van der Waals surface area contributed by atoms with E-state index in [1.807, 2.05) is 4.90 Å². The number of hydrogen-bond donors (Lipinski definition) is 1. The predicted molar refractivity (Wildman–Crippen MR) is 123 cm³/mol. The van der Waals surface area contributed by atoms with Crippen molar-refractivity contribution in [2.24, 2.45) is 0 Å². The van der Waals surface area contributed by atoms with Gasteiger partial charge in [-0.3, -0.25) is 9.89 Å². The number of alkyl halides is 3. The summed E-state index contributed by atoms with van der Waals surface area (Å²) in [6, 6.07) is 12.9. The molecule has 1 aliphatic heterocycles. The molecule has 1 saturated heterocycles. The fraction of sp³-hybridized carbons (Fsp3) is 0.208. The van der Waals surface area contributed by atoms with Crippen molar-refractivity contribution in [3.63, 3.8) is 0 Å². The van der Waals surface area contributed by atoms with Gasteiger partial charge < -0.3 is 14.5 Å². The number of carbonyl (C=O) groups is 2. The van der Waals surface area contributed by atoms with E-state index in [2.05, 4.69) is 20.4 Å². The van der Waals surface area contributed by atoms with E-state index < -0.39 is 23.6 Å². The lowest BCUT2D eigenvalue weighted by atomic mass is 10.1. The van der Waals surface area contributed by atoms with Crippen molar-refractivity contribution in [3.05, 3.63) is 77.6 Å². The van der Waals surface area contributed by atoms with Crippen molar-refractivity contribution in [2.75, 3.05) is 31.1 Å². The number of aromatic amines is 1. The van der Waals surface area contributed by atoms with Crippen molar-refractivity contribution in [1.29, 1.82) is 0 Å². The second-order valence-corrected chi connectivity index (χ2v) is 8.11. The molecule has 4 aromatic rings. The number of nitrogens with one attached hydrogen (secondary N) is 1. The molecule has 1 N–H and O–H groups in total. The first-order valence-electron chi connectivity index (χ1n) is 11.0. The van der Waals surface area contributed by atoms with Gasteiger partial charge in [-0.2, -0.15) is 18.3 Å². The summed E-state index contributed by atoms with van der Waals surface area (Å²) in [5.74, 6) is -0.532. The summed E-state index contributed by atoms with van der Waals surface area (Å²) in [5.41, 5.74) is -0.578. The molecular weight excluding hydrogens is 477 g/mol. The van der Waals surface area contributed by atoms with Crippen LogP contribution in [0.5, 0.6) is 5.75 Å². The van der Waals surface area contributed by atoms with Gasteiger partial charge in [-0.15, -0.1) is 10.2 Å².